The van der Waals surface area contributed by atoms with E-state index in [-0.39, 0.29) is 5.41 Å². The zero-order chi connectivity index (χ0) is 31.4. The summed E-state index contributed by atoms with van der Waals surface area (Å²) in [5.41, 5.74) is 14.7. The smallest absolute Gasteiger partial charge is 0.0544 e. The van der Waals surface area contributed by atoms with Gasteiger partial charge in [0.05, 0.1) is 5.52 Å². The number of para-hydroxylation sites is 4. The molecular formula is C45H34N2. The van der Waals surface area contributed by atoms with E-state index in [4.69, 9.17) is 0 Å². The molecule has 1 N–H and O–H groups in total. The molecule has 0 amide bonds. The van der Waals surface area contributed by atoms with Crippen LogP contribution in [0.2, 0.25) is 0 Å². The molecule has 7 aromatic carbocycles. The zero-order valence-electron chi connectivity index (χ0n) is 26.3. The molecule has 1 atom stereocenters. The average Bonchev–Trinajstić information content (AvgIpc) is 3.66. The third kappa shape index (κ3) is 4.18. The molecule has 0 spiro atoms. The Labute approximate surface area is 275 Å². The second-order valence-electron chi connectivity index (χ2n) is 12.5. The minimum absolute atomic E-state index is 0.300. The minimum atomic E-state index is -0.300. The number of hydrogen-bond donors (Lipinski definition) is 1. The quantitative estimate of drug-likeness (QED) is 0.201. The number of aromatic nitrogens is 1. The summed E-state index contributed by atoms with van der Waals surface area (Å²) in [6.45, 7) is 2.34. The molecule has 0 bridgehead atoms. The summed E-state index contributed by atoms with van der Waals surface area (Å²) in [4.78, 5) is 6.11. The van der Waals surface area contributed by atoms with E-state index in [1.165, 1.54) is 60.8 Å². The standard InChI is InChI=1S/C45H34N2/c1-2-45(32-15-6-3-7-16-32)41-29-31(36-22-14-23-40-39-21-12-13-24-43(39)46-44(36)40)25-27-37(41)38-28-26-35(30-42(38)45)47(33-17-8-4-9-18-33)34-19-10-5-11-20-34/h3-30,46H,2H2,1H3. The maximum Gasteiger partial charge on any atom is 0.0544 e. The summed E-state index contributed by atoms with van der Waals surface area (Å²) >= 11 is 0. The minimum Gasteiger partial charge on any atom is -0.354 e. The molecule has 8 aromatic rings. The van der Waals surface area contributed by atoms with Crippen molar-refractivity contribution in [2.45, 2.75) is 18.8 Å². The lowest BCUT2D eigenvalue weighted by molar-refractivity contribution is 0.609. The average molecular weight is 603 g/mol. The molecule has 1 aliphatic carbocycles. The van der Waals surface area contributed by atoms with E-state index in [9.17, 15) is 0 Å². The van der Waals surface area contributed by atoms with Gasteiger partial charge in [0, 0.05) is 44.3 Å². The number of anilines is 3. The van der Waals surface area contributed by atoms with Crippen LogP contribution in [0.3, 0.4) is 0 Å². The summed E-state index contributed by atoms with van der Waals surface area (Å²) in [7, 11) is 0. The number of benzene rings is 7. The van der Waals surface area contributed by atoms with E-state index in [1.54, 1.807) is 0 Å². The van der Waals surface area contributed by atoms with Gasteiger partial charge in [-0.1, -0.05) is 128 Å². The molecule has 224 valence electrons. The Balaban J connectivity index is 1.27. The van der Waals surface area contributed by atoms with Gasteiger partial charge in [-0.3, -0.25) is 0 Å². The maximum atomic E-state index is 3.74. The van der Waals surface area contributed by atoms with Gasteiger partial charge in [-0.25, -0.2) is 0 Å². The maximum absolute atomic E-state index is 3.74. The Morgan fingerprint density at radius 2 is 1.09 bits per heavy atom. The van der Waals surface area contributed by atoms with Crippen LogP contribution in [0.25, 0.3) is 44.1 Å². The van der Waals surface area contributed by atoms with Crippen molar-refractivity contribution in [1.82, 2.24) is 4.98 Å². The largest absolute Gasteiger partial charge is 0.354 e. The van der Waals surface area contributed by atoms with Crippen LogP contribution >= 0.6 is 0 Å². The lowest BCUT2D eigenvalue weighted by Gasteiger charge is -2.33. The van der Waals surface area contributed by atoms with Gasteiger partial charge >= 0.3 is 0 Å². The number of hydrogen-bond acceptors (Lipinski definition) is 1. The Kier molecular flexibility index (Phi) is 6.36. The zero-order valence-corrected chi connectivity index (χ0v) is 26.3. The van der Waals surface area contributed by atoms with Crippen LogP contribution in [0, 0.1) is 0 Å². The van der Waals surface area contributed by atoms with Gasteiger partial charge in [-0.2, -0.15) is 0 Å². The summed E-state index contributed by atoms with van der Waals surface area (Å²) in [6.07, 6.45) is 0.942. The molecule has 0 saturated carbocycles. The third-order valence-electron chi connectivity index (χ3n) is 10.2. The highest BCUT2D eigenvalue weighted by atomic mass is 15.1. The number of nitrogens with one attached hydrogen (secondary N) is 1. The normalized spacial score (nSPS) is 15.1. The number of nitrogens with zero attached hydrogens (tertiary/aromatic N) is 1. The van der Waals surface area contributed by atoms with Gasteiger partial charge in [-0.15, -0.1) is 0 Å². The molecule has 1 aromatic heterocycles. The predicted molar refractivity (Wildman–Crippen MR) is 198 cm³/mol. The molecule has 0 saturated heterocycles. The number of fused-ring (bicyclic) bond motifs is 6. The summed E-state index contributed by atoms with van der Waals surface area (Å²) in [5.74, 6) is 0. The highest BCUT2D eigenvalue weighted by Crippen LogP contribution is 2.56. The van der Waals surface area contributed by atoms with E-state index < -0.39 is 0 Å². The lowest BCUT2D eigenvalue weighted by atomic mass is 9.70. The molecule has 0 radical (unpaired) electrons. The molecule has 47 heavy (non-hydrogen) atoms. The highest BCUT2D eigenvalue weighted by molar-refractivity contribution is 6.12. The molecule has 0 fully saturated rings. The van der Waals surface area contributed by atoms with E-state index in [2.05, 4.69) is 187 Å². The fraction of sp³-hybridized carbons (Fsp3) is 0.0667. The monoisotopic (exact) mass is 602 g/mol. The summed E-state index contributed by atoms with van der Waals surface area (Å²) < 4.78 is 0. The van der Waals surface area contributed by atoms with E-state index >= 15 is 0 Å². The van der Waals surface area contributed by atoms with Crippen molar-refractivity contribution < 1.29 is 0 Å². The van der Waals surface area contributed by atoms with E-state index in [1.807, 2.05) is 0 Å². The topological polar surface area (TPSA) is 19.0 Å². The molecule has 1 aliphatic rings. The first kappa shape index (κ1) is 27.5. The molecule has 2 heteroatoms. The van der Waals surface area contributed by atoms with Gasteiger partial charge in [-0.05, 0) is 88.3 Å². The summed E-state index contributed by atoms with van der Waals surface area (Å²) in [6, 6.07) is 62.0. The number of H-pyrrole nitrogens is 1. The fourth-order valence-corrected chi connectivity index (χ4v) is 8.04. The summed E-state index contributed by atoms with van der Waals surface area (Å²) in [5, 5.41) is 2.53. The van der Waals surface area contributed by atoms with Crippen molar-refractivity contribution in [1.29, 1.82) is 0 Å². The number of aromatic amines is 1. The van der Waals surface area contributed by atoms with Gasteiger partial charge in [0.2, 0.25) is 0 Å². The second kappa shape index (κ2) is 10.9. The van der Waals surface area contributed by atoms with Crippen LogP contribution in [0.15, 0.2) is 170 Å². The van der Waals surface area contributed by atoms with Crippen LogP contribution in [0.1, 0.15) is 30.0 Å². The molecule has 0 aliphatic heterocycles. The first-order chi connectivity index (χ1) is 23.3. The van der Waals surface area contributed by atoms with Crippen LogP contribution < -0.4 is 4.90 Å². The van der Waals surface area contributed by atoms with Crippen LogP contribution in [-0.4, -0.2) is 4.98 Å². The number of rotatable bonds is 6. The van der Waals surface area contributed by atoms with Crippen LogP contribution in [0.4, 0.5) is 17.1 Å². The fourth-order valence-electron chi connectivity index (χ4n) is 8.04. The van der Waals surface area contributed by atoms with Crippen molar-refractivity contribution in [3.8, 4) is 22.3 Å². The van der Waals surface area contributed by atoms with Crippen molar-refractivity contribution >= 4 is 38.9 Å². The molecule has 9 rings (SSSR count). The Morgan fingerprint density at radius 3 is 1.79 bits per heavy atom. The van der Waals surface area contributed by atoms with E-state index in [0.717, 1.165) is 23.5 Å². The van der Waals surface area contributed by atoms with Gasteiger partial charge in [0.25, 0.3) is 0 Å². The first-order valence-corrected chi connectivity index (χ1v) is 16.5. The predicted octanol–water partition coefficient (Wildman–Crippen LogP) is 12.2. The Hall–Kier alpha value is -5.86. The second-order valence-corrected chi connectivity index (χ2v) is 12.5. The first-order valence-electron chi connectivity index (χ1n) is 16.5. The van der Waals surface area contributed by atoms with Gasteiger partial charge < -0.3 is 9.88 Å². The lowest BCUT2D eigenvalue weighted by Crippen LogP contribution is -2.26. The van der Waals surface area contributed by atoms with Crippen molar-refractivity contribution in [2.24, 2.45) is 0 Å². The Morgan fingerprint density at radius 1 is 0.489 bits per heavy atom. The SMILES string of the molecule is CCC1(c2ccccc2)c2cc(-c3cccc4c3[nH]c3ccccc34)ccc2-c2ccc(N(c3ccccc3)c3ccccc3)cc21. The van der Waals surface area contributed by atoms with E-state index in [0.29, 0.717) is 0 Å². The molecular weight excluding hydrogens is 569 g/mol. The van der Waals surface area contributed by atoms with Crippen LogP contribution in [0.5, 0.6) is 0 Å². The molecule has 2 nitrogen and oxygen atoms in total. The van der Waals surface area contributed by atoms with Gasteiger partial charge in [0.15, 0.2) is 0 Å². The molecule has 1 heterocycles. The van der Waals surface area contributed by atoms with Crippen LogP contribution in [-0.2, 0) is 5.41 Å². The van der Waals surface area contributed by atoms with Crippen molar-refractivity contribution in [2.75, 3.05) is 4.90 Å². The van der Waals surface area contributed by atoms with Gasteiger partial charge in [0.1, 0.15) is 0 Å². The highest BCUT2D eigenvalue weighted by Gasteiger charge is 2.44. The van der Waals surface area contributed by atoms with Crippen molar-refractivity contribution in [3.05, 3.63) is 187 Å². The molecule has 1 unspecified atom stereocenters. The van der Waals surface area contributed by atoms with Crippen molar-refractivity contribution in [3.63, 3.8) is 0 Å². The third-order valence-corrected chi connectivity index (χ3v) is 10.2. The Bertz CT molecular complexity index is 2350.